The highest BCUT2D eigenvalue weighted by molar-refractivity contribution is 6.62. The van der Waals surface area contributed by atoms with Gasteiger partial charge in [-0.1, -0.05) is 29.7 Å². The SMILES string of the molecule is C.C.C.C.O=C(Cl)OCOC(=O)Cl.O=C(Cl)OCOC(=O)Cl.OCO. The van der Waals surface area contributed by atoms with Crippen molar-refractivity contribution >= 4 is 68.1 Å². The Kier molecular flexibility index (Phi) is 60.3. The molecule has 0 aliphatic rings. The lowest BCUT2D eigenvalue weighted by Gasteiger charge is -1.96. The minimum Gasteiger partial charge on any atom is -0.416 e. The Bertz CT molecular complexity index is 270. The first kappa shape index (κ1) is 43.9. The molecule has 0 heterocycles. The number of hydrogen-bond acceptors (Lipinski definition) is 10. The van der Waals surface area contributed by atoms with Gasteiger partial charge in [0.15, 0.2) is 0 Å². The first-order valence-electron chi connectivity index (χ1n) is 4.18. The molecule has 0 saturated carbocycles. The summed E-state index contributed by atoms with van der Waals surface area (Å²) in [5.41, 5.74) is -4.19. The van der Waals surface area contributed by atoms with Gasteiger partial charge in [0, 0.05) is 46.4 Å². The van der Waals surface area contributed by atoms with Crippen LogP contribution < -0.4 is 0 Å². The first-order valence-corrected chi connectivity index (χ1v) is 5.69. The van der Waals surface area contributed by atoms with E-state index in [2.05, 4.69) is 65.4 Å². The number of halogens is 4. The Balaban J connectivity index is -0.0000000393. The van der Waals surface area contributed by atoms with Crippen LogP contribution in [-0.4, -0.2) is 52.3 Å². The minimum absolute atomic E-state index is 0. The molecule has 0 saturated heterocycles. The number of aliphatic hydroxyl groups excluding tert-OH is 1. The zero-order valence-electron chi connectivity index (χ0n) is 9.79. The van der Waals surface area contributed by atoms with Crippen molar-refractivity contribution in [2.45, 2.75) is 29.7 Å². The Labute approximate surface area is 166 Å². The number of rotatable bonds is 4. The standard InChI is InChI=1S/2C3H2Cl2O4.CH4O2.4CH4/c2*4-2(6)8-1-9-3(5)7;2-1-3;;;;/h2*1H2;2-3H,1H2;4*1H4. The normalized spacial score (nSPS) is 6.64. The molecule has 0 unspecified atom stereocenters. The third kappa shape index (κ3) is 84.0. The summed E-state index contributed by atoms with van der Waals surface area (Å²) in [5.74, 6) is 0. The van der Waals surface area contributed by atoms with E-state index < -0.39 is 42.1 Å². The fraction of sp³-hybridized carbons (Fsp3) is 0.636. The van der Waals surface area contributed by atoms with Crippen LogP contribution in [-0.2, 0) is 18.9 Å². The van der Waals surface area contributed by atoms with Crippen LogP contribution in [0.3, 0.4) is 0 Å². The van der Waals surface area contributed by atoms with E-state index in [1.54, 1.807) is 0 Å². The van der Waals surface area contributed by atoms with Crippen molar-refractivity contribution in [3.63, 3.8) is 0 Å². The molecule has 0 radical (unpaired) electrons. The summed E-state index contributed by atoms with van der Waals surface area (Å²) in [6.45, 7) is -1.85. The molecule has 25 heavy (non-hydrogen) atoms. The van der Waals surface area contributed by atoms with Crippen LogP contribution in [0.25, 0.3) is 0 Å². The molecule has 10 nitrogen and oxygen atoms in total. The van der Waals surface area contributed by atoms with Crippen molar-refractivity contribution in [3.8, 4) is 0 Å². The van der Waals surface area contributed by atoms with Gasteiger partial charge in [-0.15, -0.1) is 0 Å². The smallest absolute Gasteiger partial charge is 0.406 e. The van der Waals surface area contributed by atoms with Crippen LogP contribution in [0.4, 0.5) is 19.2 Å². The summed E-state index contributed by atoms with van der Waals surface area (Å²) in [6, 6.07) is 0. The topological polar surface area (TPSA) is 146 Å². The molecule has 0 spiro atoms. The molecule has 0 bridgehead atoms. The molecule has 0 atom stereocenters. The molecular weight excluding hydrogens is 434 g/mol. The van der Waals surface area contributed by atoms with Crippen molar-refractivity contribution in [2.75, 3.05) is 20.4 Å². The van der Waals surface area contributed by atoms with E-state index >= 15 is 0 Å². The van der Waals surface area contributed by atoms with E-state index in [-0.39, 0.29) is 29.7 Å². The quantitative estimate of drug-likeness (QED) is 0.442. The summed E-state index contributed by atoms with van der Waals surface area (Å²) in [6.07, 6.45) is 0. The maximum absolute atomic E-state index is 9.73. The van der Waals surface area contributed by atoms with Gasteiger partial charge in [0.2, 0.25) is 13.6 Å². The number of aliphatic hydroxyl groups is 2. The average Bonchev–Trinajstić information content (AvgIpc) is 2.28. The van der Waals surface area contributed by atoms with Crippen LogP contribution in [0.2, 0.25) is 0 Å². The molecule has 0 fully saturated rings. The van der Waals surface area contributed by atoms with Crippen molar-refractivity contribution in [2.24, 2.45) is 0 Å². The maximum Gasteiger partial charge on any atom is 0.406 e. The summed E-state index contributed by atoms with van der Waals surface area (Å²) >= 11 is 18.7. The maximum atomic E-state index is 9.73. The zero-order chi connectivity index (χ0) is 17.3. The van der Waals surface area contributed by atoms with Gasteiger partial charge in [-0.25, -0.2) is 19.2 Å². The lowest BCUT2D eigenvalue weighted by molar-refractivity contribution is 0.0464. The molecular formula is C11H24Cl4O10. The molecule has 0 rings (SSSR count). The van der Waals surface area contributed by atoms with Gasteiger partial charge in [0.1, 0.15) is 6.79 Å². The van der Waals surface area contributed by atoms with Crippen molar-refractivity contribution in [1.29, 1.82) is 0 Å². The van der Waals surface area contributed by atoms with Gasteiger partial charge >= 0.3 is 21.7 Å². The fourth-order valence-corrected chi connectivity index (χ4v) is 0.422. The molecule has 0 amide bonds. The van der Waals surface area contributed by atoms with E-state index in [0.29, 0.717) is 0 Å². The van der Waals surface area contributed by atoms with E-state index in [1.807, 2.05) is 0 Å². The Morgan fingerprint density at radius 3 is 0.760 bits per heavy atom. The number of hydrogen-bond donors (Lipinski definition) is 2. The first-order chi connectivity index (χ1) is 9.67. The van der Waals surface area contributed by atoms with Crippen LogP contribution in [0, 0.1) is 0 Å². The summed E-state index contributed by atoms with van der Waals surface area (Å²) in [5, 5.41) is 14.2. The van der Waals surface area contributed by atoms with Gasteiger partial charge < -0.3 is 29.2 Å². The number of ether oxygens (including phenoxy) is 4. The van der Waals surface area contributed by atoms with E-state index in [9.17, 15) is 19.2 Å². The highest BCUT2D eigenvalue weighted by Crippen LogP contribution is 1.91. The van der Waals surface area contributed by atoms with Crippen LogP contribution >= 0.6 is 46.4 Å². The van der Waals surface area contributed by atoms with Gasteiger partial charge in [-0.05, 0) is 0 Å². The van der Waals surface area contributed by atoms with Crippen molar-refractivity contribution < 1.29 is 48.3 Å². The van der Waals surface area contributed by atoms with Crippen LogP contribution in [0.1, 0.15) is 29.7 Å². The third-order valence-electron chi connectivity index (χ3n) is 0.690. The van der Waals surface area contributed by atoms with Crippen LogP contribution in [0.15, 0.2) is 0 Å². The Morgan fingerprint density at radius 2 is 0.680 bits per heavy atom. The molecule has 0 aromatic rings. The molecule has 0 aliphatic heterocycles. The third-order valence-corrected chi connectivity index (χ3v) is 1.13. The molecule has 156 valence electrons. The second-order valence-corrected chi connectivity index (χ2v) is 3.14. The lowest BCUT2D eigenvalue weighted by Crippen LogP contribution is -2.02. The zero-order valence-corrected chi connectivity index (χ0v) is 12.8. The van der Waals surface area contributed by atoms with Crippen LogP contribution in [0.5, 0.6) is 0 Å². The van der Waals surface area contributed by atoms with Crippen molar-refractivity contribution in [1.82, 2.24) is 0 Å². The summed E-state index contributed by atoms with van der Waals surface area (Å²) in [4.78, 5) is 38.9. The molecule has 0 aromatic heterocycles. The van der Waals surface area contributed by atoms with E-state index in [1.165, 1.54) is 0 Å². The van der Waals surface area contributed by atoms with Gasteiger partial charge in [0.05, 0.1) is 0 Å². The molecule has 0 aliphatic carbocycles. The monoisotopic (exact) mass is 456 g/mol. The van der Waals surface area contributed by atoms with Crippen molar-refractivity contribution in [3.05, 3.63) is 0 Å². The van der Waals surface area contributed by atoms with Gasteiger partial charge in [-0.2, -0.15) is 0 Å². The highest BCUT2D eigenvalue weighted by atomic mass is 35.5. The summed E-state index contributed by atoms with van der Waals surface area (Å²) in [7, 11) is 0. The molecule has 0 aromatic carbocycles. The summed E-state index contributed by atoms with van der Waals surface area (Å²) < 4.78 is 15.8. The largest absolute Gasteiger partial charge is 0.416 e. The second kappa shape index (κ2) is 34.3. The number of carbonyl (C=O) groups excluding carboxylic acids is 4. The lowest BCUT2D eigenvalue weighted by atomic mass is 11.3. The van der Waals surface area contributed by atoms with Gasteiger partial charge in [0.25, 0.3) is 0 Å². The van der Waals surface area contributed by atoms with Gasteiger partial charge in [-0.3, -0.25) is 0 Å². The predicted molar refractivity (Wildman–Crippen MR) is 95.3 cm³/mol. The Hall–Kier alpha value is -1.04. The van der Waals surface area contributed by atoms with E-state index in [0.717, 1.165) is 0 Å². The highest BCUT2D eigenvalue weighted by Gasteiger charge is 1.98. The number of carbonyl (C=O) groups is 4. The second-order valence-electron chi connectivity index (χ2n) is 1.91. The fourth-order valence-electron chi connectivity index (χ4n) is 0.244. The minimum atomic E-state index is -1.05. The van der Waals surface area contributed by atoms with E-state index in [4.69, 9.17) is 10.2 Å². The molecule has 2 N–H and O–H groups in total. The average molecular weight is 458 g/mol. The predicted octanol–water partition coefficient (Wildman–Crippen LogP) is 4.86. The Morgan fingerprint density at radius 1 is 0.560 bits per heavy atom. The molecule has 14 heteroatoms.